The smallest absolute Gasteiger partial charge is 0.185 e. The quantitative estimate of drug-likeness (QED) is 0.233. The third-order valence-electron chi connectivity index (χ3n) is 4.27. The van der Waals surface area contributed by atoms with Crippen molar-refractivity contribution in [3.63, 3.8) is 0 Å². The topological polar surface area (TPSA) is 35.5 Å². The van der Waals surface area contributed by atoms with Crippen LogP contribution in [0.25, 0.3) is 6.08 Å². The first-order valence-electron chi connectivity index (χ1n) is 8.90. The molecule has 0 saturated heterocycles. The summed E-state index contributed by atoms with van der Waals surface area (Å²) >= 11 is 30.2. The molecule has 0 amide bonds. The second kappa shape index (κ2) is 10.6. The molecule has 0 N–H and O–H groups in total. The van der Waals surface area contributed by atoms with Crippen LogP contribution in [0.15, 0.2) is 54.6 Å². The van der Waals surface area contributed by atoms with Crippen molar-refractivity contribution in [1.29, 1.82) is 0 Å². The summed E-state index contributed by atoms with van der Waals surface area (Å²) in [6.07, 6.45) is 3.15. The van der Waals surface area contributed by atoms with Crippen LogP contribution < -0.4 is 9.47 Å². The summed E-state index contributed by atoms with van der Waals surface area (Å²) in [6, 6.07) is 13.3. The molecule has 160 valence electrons. The number of halogens is 5. The van der Waals surface area contributed by atoms with Crippen molar-refractivity contribution < 1.29 is 14.3 Å². The Morgan fingerprint density at radius 1 is 0.871 bits per heavy atom. The van der Waals surface area contributed by atoms with Crippen LogP contribution >= 0.6 is 58.0 Å². The highest BCUT2D eigenvalue weighted by Crippen LogP contribution is 2.37. The summed E-state index contributed by atoms with van der Waals surface area (Å²) in [4.78, 5) is 12.4. The molecule has 0 radical (unpaired) electrons. The molecule has 3 rings (SSSR count). The van der Waals surface area contributed by atoms with Crippen molar-refractivity contribution in [2.45, 2.75) is 6.61 Å². The van der Waals surface area contributed by atoms with Gasteiger partial charge in [-0.1, -0.05) is 70.1 Å². The Morgan fingerprint density at radius 3 is 2.23 bits per heavy atom. The van der Waals surface area contributed by atoms with Crippen LogP contribution in [0.1, 0.15) is 21.5 Å². The lowest BCUT2D eigenvalue weighted by atomic mass is 10.1. The van der Waals surface area contributed by atoms with Gasteiger partial charge in [-0.05, 0) is 54.1 Å². The van der Waals surface area contributed by atoms with Gasteiger partial charge in [0, 0.05) is 16.1 Å². The summed E-state index contributed by atoms with van der Waals surface area (Å²) < 4.78 is 11.2. The largest absolute Gasteiger partial charge is 0.496 e. The summed E-state index contributed by atoms with van der Waals surface area (Å²) in [5, 5.41) is 1.74. The zero-order valence-electron chi connectivity index (χ0n) is 16.1. The molecular formula is C23H15Cl5O3. The molecule has 0 fully saturated rings. The average molecular weight is 517 g/mol. The zero-order valence-corrected chi connectivity index (χ0v) is 19.9. The number of methoxy groups -OCH3 is 1. The molecule has 0 aromatic heterocycles. The first kappa shape index (κ1) is 23.8. The van der Waals surface area contributed by atoms with Crippen LogP contribution in [0.2, 0.25) is 25.1 Å². The van der Waals surface area contributed by atoms with E-state index in [1.54, 1.807) is 43.5 Å². The van der Waals surface area contributed by atoms with Crippen molar-refractivity contribution in [2.24, 2.45) is 0 Å². The minimum absolute atomic E-state index is 0.146. The monoisotopic (exact) mass is 514 g/mol. The number of carbonyl (C=O) groups excluding carboxylic acids is 1. The molecule has 3 aromatic rings. The van der Waals surface area contributed by atoms with Gasteiger partial charge in [0.15, 0.2) is 11.5 Å². The molecular weight excluding hydrogens is 502 g/mol. The van der Waals surface area contributed by atoms with Crippen LogP contribution in [0.4, 0.5) is 0 Å². The fourth-order valence-electron chi connectivity index (χ4n) is 2.75. The van der Waals surface area contributed by atoms with Gasteiger partial charge < -0.3 is 9.47 Å². The first-order chi connectivity index (χ1) is 14.8. The molecule has 3 aromatic carbocycles. The number of rotatable bonds is 7. The van der Waals surface area contributed by atoms with E-state index < -0.39 is 0 Å². The summed E-state index contributed by atoms with van der Waals surface area (Å²) in [6.45, 7) is 0.146. The van der Waals surface area contributed by atoms with Crippen molar-refractivity contribution in [3.8, 4) is 11.5 Å². The van der Waals surface area contributed by atoms with Gasteiger partial charge in [0.2, 0.25) is 0 Å². The van der Waals surface area contributed by atoms with Gasteiger partial charge in [0.05, 0.1) is 27.2 Å². The third-order valence-corrected chi connectivity index (χ3v) is 5.79. The van der Waals surface area contributed by atoms with Gasteiger partial charge in [-0.15, -0.1) is 0 Å². The Kier molecular flexibility index (Phi) is 8.15. The van der Waals surface area contributed by atoms with Gasteiger partial charge in [0.25, 0.3) is 0 Å². The number of benzene rings is 3. The standard InChI is InChI=1S/C23H15Cl5O3/c1-30-22-7-3-13(2-6-21(29)14-4-5-17(25)18(26)9-14)8-15(22)12-31-23-19(27)10-16(24)11-20(23)28/h2-11H,12H2,1H3/b6-2+. The first-order valence-corrected chi connectivity index (χ1v) is 10.8. The van der Waals surface area contributed by atoms with E-state index in [1.807, 2.05) is 12.1 Å². The second-order valence-corrected chi connectivity index (χ2v) is 8.45. The van der Waals surface area contributed by atoms with Gasteiger partial charge in [0.1, 0.15) is 12.4 Å². The van der Waals surface area contributed by atoms with E-state index in [-0.39, 0.29) is 12.4 Å². The number of ether oxygens (including phenoxy) is 2. The molecule has 0 aliphatic carbocycles. The van der Waals surface area contributed by atoms with Crippen molar-refractivity contribution in [2.75, 3.05) is 7.11 Å². The zero-order chi connectivity index (χ0) is 22.5. The summed E-state index contributed by atoms with van der Waals surface area (Å²) in [7, 11) is 1.56. The molecule has 0 bridgehead atoms. The number of carbonyl (C=O) groups is 1. The Bertz CT molecular complexity index is 1130. The lowest BCUT2D eigenvalue weighted by Gasteiger charge is -2.13. The van der Waals surface area contributed by atoms with Crippen LogP contribution in [0.5, 0.6) is 11.5 Å². The van der Waals surface area contributed by atoms with E-state index >= 15 is 0 Å². The second-order valence-electron chi connectivity index (χ2n) is 6.38. The Hall–Kier alpha value is -1.88. The fraction of sp³-hybridized carbons (Fsp3) is 0.0870. The van der Waals surface area contributed by atoms with Gasteiger partial charge in [-0.3, -0.25) is 4.79 Å². The van der Waals surface area contributed by atoms with Gasteiger partial charge in [-0.25, -0.2) is 0 Å². The highest BCUT2D eigenvalue weighted by molar-refractivity contribution is 6.42. The van der Waals surface area contributed by atoms with Crippen LogP contribution in [-0.2, 0) is 6.61 Å². The maximum absolute atomic E-state index is 12.4. The average Bonchev–Trinajstić information content (AvgIpc) is 2.73. The predicted octanol–water partition coefficient (Wildman–Crippen LogP) is 8.44. The Morgan fingerprint density at radius 2 is 1.58 bits per heavy atom. The Labute approximate surface area is 205 Å². The number of ketones is 1. The van der Waals surface area contributed by atoms with Crippen LogP contribution in [0.3, 0.4) is 0 Å². The number of allylic oxidation sites excluding steroid dienone is 1. The molecule has 0 heterocycles. The highest BCUT2D eigenvalue weighted by Gasteiger charge is 2.12. The minimum atomic E-state index is -0.202. The van der Waals surface area contributed by atoms with E-state index in [0.29, 0.717) is 42.2 Å². The fourth-order valence-corrected chi connectivity index (χ4v) is 3.97. The summed E-state index contributed by atoms with van der Waals surface area (Å²) in [5.41, 5.74) is 1.96. The molecule has 8 heteroatoms. The van der Waals surface area contributed by atoms with Crippen molar-refractivity contribution >= 4 is 69.9 Å². The lowest BCUT2D eigenvalue weighted by molar-refractivity contribution is 0.104. The van der Waals surface area contributed by atoms with Crippen molar-refractivity contribution in [3.05, 3.63) is 96.4 Å². The van der Waals surface area contributed by atoms with Gasteiger partial charge in [-0.2, -0.15) is 0 Å². The molecule has 0 aliphatic heterocycles. The van der Waals surface area contributed by atoms with E-state index in [2.05, 4.69) is 0 Å². The van der Waals surface area contributed by atoms with E-state index in [0.717, 1.165) is 11.1 Å². The Balaban J connectivity index is 1.79. The SMILES string of the molecule is COc1ccc(/C=C/C(=O)c2ccc(Cl)c(Cl)c2)cc1COc1c(Cl)cc(Cl)cc1Cl. The molecule has 0 atom stereocenters. The third kappa shape index (κ3) is 6.09. The molecule has 31 heavy (non-hydrogen) atoms. The summed E-state index contributed by atoms with van der Waals surface area (Å²) in [5.74, 6) is 0.742. The molecule has 0 saturated carbocycles. The van der Waals surface area contributed by atoms with E-state index in [4.69, 9.17) is 67.5 Å². The highest BCUT2D eigenvalue weighted by atomic mass is 35.5. The maximum Gasteiger partial charge on any atom is 0.185 e. The number of hydrogen-bond donors (Lipinski definition) is 0. The molecule has 0 spiro atoms. The maximum atomic E-state index is 12.4. The molecule has 0 unspecified atom stereocenters. The predicted molar refractivity (Wildman–Crippen MR) is 129 cm³/mol. The molecule has 0 aliphatic rings. The van der Waals surface area contributed by atoms with E-state index in [1.165, 1.54) is 12.1 Å². The molecule has 3 nitrogen and oxygen atoms in total. The number of hydrogen-bond acceptors (Lipinski definition) is 3. The van der Waals surface area contributed by atoms with Crippen LogP contribution in [0, 0.1) is 0 Å². The lowest BCUT2D eigenvalue weighted by Crippen LogP contribution is -2.00. The van der Waals surface area contributed by atoms with Gasteiger partial charge >= 0.3 is 0 Å². The van der Waals surface area contributed by atoms with Crippen molar-refractivity contribution in [1.82, 2.24) is 0 Å². The normalized spacial score (nSPS) is 11.0. The van der Waals surface area contributed by atoms with E-state index in [9.17, 15) is 4.79 Å². The van der Waals surface area contributed by atoms with Crippen LogP contribution in [-0.4, -0.2) is 12.9 Å². The minimum Gasteiger partial charge on any atom is -0.496 e.